The minimum atomic E-state index is -4.59. The van der Waals surface area contributed by atoms with Crippen molar-refractivity contribution in [3.8, 4) is 0 Å². The highest BCUT2D eigenvalue weighted by Crippen LogP contribution is 2.16. The number of nitrogens with zero attached hydrogens (tertiary/aromatic N) is 1. The van der Waals surface area contributed by atoms with E-state index in [4.69, 9.17) is 9.76 Å². The summed E-state index contributed by atoms with van der Waals surface area (Å²) in [4.78, 5) is 21.2. The molecule has 9 heteroatoms. The molecular formula is C4H8NO6PS. The Balaban J connectivity index is 0.00000144. The first-order valence-electron chi connectivity index (χ1n) is 2.86. The minimum absolute atomic E-state index is 0. The molecule has 0 aromatic carbocycles. The Morgan fingerprint density at radius 2 is 1.85 bits per heavy atom. The molecule has 76 valence electrons. The number of carbonyl (C=O) groups excluding carboxylic acids is 2. The van der Waals surface area contributed by atoms with Crippen LogP contribution >= 0.6 is 9.90 Å². The van der Waals surface area contributed by atoms with E-state index in [1.54, 1.807) is 0 Å². The molecule has 1 rings (SSSR count). The summed E-state index contributed by atoms with van der Waals surface area (Å²) < 4.78 is 29.1. The molecule has 2 atom stereocenters. The Kier molecular flexibility index (Phi) is 3.51. The largest absolute Gasteiger partial charge is 0.285 e. The zero-order chi connectivity index (χ0) is 9.52. The van der Waals surface area contributed by atoms with Crippen LogP contribution in [-0.2, 0) is 19.7 Å². The standard InChI is InChI=1S/C4H5NO6S.H3P/c6-3-1-2(12(9,10)11)4(7)5(3)8;/h2,8H,1H2,(H,9,10,11);1H3. The van der Waals surface area contributed by atoms with Crippen molar-refractivity contribution in [2.45, 2.75) is 11.7 Å². The molecule has 0 saturated carbocycles. The molecule has 2 amide bonds. The minimum Gasteiger partial charge on any atom is -0.285 e. The quantitative estimate of drug-likeness (QED) is 0.243. The molecule has 13 heavy (non-hydrogen) atoms. The highest BCUT2D eigenvalue weighted by molar-refractivity contribution is 7.87. The Bertz CT molecular complexity index is 337. The van der Waals surface area contributed by atoms with Gasteiger partial charge in [-0.25, -0.2) is 0 Å². The molecule has 2 unspecified atom stereocenters. The topological polar surface area (TPSA) is 112 Å². The highest BCUT2D eigenvalue weighted by atomic mass is 32.2. The first-order chi connectivity index (χ1) is 5.34. The average molecular weight is 229 g/mol. The summed E-state index contributed by atoms with van der Waals surface area (Å²) in [5.74, 6) is -2.36. The summed E-state index contributed by atoms with van der Waals surface area (Å²) in [6.07, 6.45) is -0.714. The lowest BCUT2D eigenvalue weighted by atomic mass is 10.4. The molecular weight excluding hydrogens is 221 g/mol. The fraction of sp³-hybridized carbons (Fsp3) is 0.500. The van der Waals surface area contributed by atoms with E-state index < -0.39 is 33.6 Å². The molecule has 1 aliphatic heterocycles. The van der Waals surface area contributed by atoms with Gasteiger partial charge in [-0.2, -0.15) is 23.4 Å². The summed E-state index contributed by atoms with van der Waals surface area (Å²) in [7, 11) is -4.59. The third-order valence-corrected chi connectivity index (χ3v) is 2.53. The monoisotopic (exact) mass is 229 g/mol. The lowest BCUT2D eigenvalue weighted by Crippen LogP contribution is -2.32. The van der Waals surface area contributed by atoms with Gasteiger partial charge in [0.05, 0.1) is 6.42 Å². The predicted molar refractivity (Wildman–Crippen MR) is 44.7 cm³/mol. The van der Waals surface area contributed by atoms with E-state index in [0.717, 1.165) is 0 Å². The van der Waals surface area contributed by atoms with Crippen LogP contribution in [0.5, 0.6) is 0 Å². The third kappa shape index (κ3) is 2.22. The van der Waals surface area contributed by atoms with Crippen LogP contribution in [0.1, 0.15) is 6.42 Å². The van der Waals surface area contributed by atoms with E-state index in [0.29, 0.717) is 0 Å². The van der Waals surface area contributed by atoms with Gasteiger partial charge in [0.15, 0.2) is 5.25 Å². The van der Waals surface area contributed by atoms with Gasteiger partial charge in [0.1, 0.15) is 0 Å². The molecule has 0 aromatic rings. The van der Waals surface area contributed by atoms with Crippen molar-refractivity contribution in [1.82, 2.24) is 5.06 Å². The molecule has 0 radical (unpaired) electrons. The summed E-state index contributed by atoms with van der Waals surface area (Å²) in [6, 6.07) is 0. The Morgan fingerprint density at radius 1 is 1.38 bits per heavy atom. The molecule has 0 aliphatic carbocycles. The van der Waals surface area contributed by atoms with Crippen LogP contribution in [0.4, 0.5) is 0 Å². The number of hydrogen-bond donors (Lipinski definition) is 2. The predicted octanol–water partition coefficient (Wildman–Crippen LogP) is -1.55. The van der Waals surface area contributed by atoms with Gasteiger partial charge < -0.3 is 0 Å². The van der Waals surface area contributed by atoms with Crippen molar-refractivity contribution >= 4 is 31.8 Å². The van der Waals surface area contributed by atoms with Crippen LogP contribution in [0.15, 0.2) is 0 Å². The van der Waals surface area contributed by atoms with Gasteiger partial charge in [0.25, 0.3) is 21.9 Å². The van der Waals surface area contributed by atoms with Gasteiger partial charge >= 0.3 is 0 Å². The van der Waals surface area contributed by atoms with Crippen LogP contribution < -0.4 is 0 Å². The van der Waals surface area contributed by atoms with Crippen molar-refractivity contribution in [3.05, 3.63) is 0 Å². The number of imide groups is 1. The first kappa shape index (κ1) is 12.4. The van der Waals surface area contributed by atoms with Crippen molar-refractivity contribution in [3.63, 3.8) is 0 Å². The van der Waals surface area contributed by atoms with E-state index in [1.165, 1.54) is 0 Å². The van der Waals surface area contributed by atoms with E-state index in [-0.39, 0.29) is 15.0 Å². The summed E-state index contributed by atoms with van der Waals surface area (Å²) >= 11 is 0. The smallest absolute Gasteiger partial charge is 0.277 e. The number of rotatable bonds is 1. The normalized spacial score (nSPS) is 23.2. The molecule has 7 nitrogen and oxygen atoms in total. The van der Waals surface area contributed by atoms with Crippen LogP contribution in [0, 0.1) is 0 Å². The first-order valence-corrected chi connectivity index (χ1v) is 4.36. The van der Waals surface area contributed by atoms with E-state index >= 15 is 0 Å². The lowest BCUT2D eigenvalue weighted by molar-refractivity contribution is -0.171. The van der Waals surface area contributed by atoms with Crippen LogP contribution in [0.3, 0.4) is 0 Å². The average Bonchev–Trinajstić information content (AvgIpc) is 2.15. The second-order valence-corrected chi connectivity index (χ2v) is 3.85. The molecule has 1 aliphatic rings. The van der Waals surface area contributed by atoms with Gasteiger partial charge in [-0.1, -0.05) is 0 Å². The van der Waals surface area contributed by atoms with E-state index in [9.17, 15) is 18.0 Å². The fourth-order valence-corrected chi connectivity index (χ4v) is 1.53. The molecule has 1 fully saturated rings. The van der Waals surface area contributed by atoms with Crippen LogP contribution in [0.25, 0.3) is 0 Å². The van der Waals surface area contributed by atoms with E-state index in [2.05, 4.69) is 0 Å². The molecule has 0 aromatic heterocycles. The number of carbonyl (C=O) groups is 2. The number of hydrogen-bond acceptors (Lipinski definition) is 5. The maximum atomic E-state index is 10.7. The summed E-state index contributed by atoms with van der Waals surface area (Å²) in [5.41, 5.74) is 0. The van der Waals surface area contributed by atoms with Gasteiger partial charge in [0.2, 0.25) is 0 Å². The molecule has 1 saturated heterocycles. The van der Waals surface area contributed by atoms with Gasteiger partial charge in [-0.3, -0.25) is 19.3 Å². The van der Waals surface area contributed by atoms with Crippen molar-refractivity contribution < 1.29 is 27.8 Å². The lowest BCUT2D eigenvalue weighted by Gasteiger charge is -2.02. The van der Waals surface area contributed by atoms with Crippen molar-refractivity contribution in [2.24, 2.45) is 0 Å². The van der Waals surface area contributed by atoms with Crippen LogP contribution in [0.2, 0.25) is 0 Å². The van der Waals surface area contributed by atoms with Crippen LogP contribution in [-0.4, -0.2) is 40.3 Å². The number of hydroxylamine groups is 2. The maximum absolute atomic E-state index is 10.7. The van der Waals surface area contributed by atoms with Gasteiger partial charge in [-0.05, 0) is 0 Å². The highest BCUT2D eigenvalue weighted by Gasteiger charge is 2.45. The Hall–Kier alpha value is -0.560. The van der Waals surface area contributed by atoms with E-state index in [1.807, 2.05) is 0 Å². The zero-order valence-corrected chi connectivity index (χ0v) is 8.61. The number of amides is 2. The molecule has 0 spiro atoms. The van der Waals surface area contributed by atoms with Crippen molar-refractivity contribution in [2.75, 3.05) is 0 Å². The second kappa shape index (κ2) is 3.67. The summed E-state index contributed by atoms with van der Waals surface area (Å²) in [5, 5.41) is 6.40. The summed E-state index contributed by atoms with van der Waals surface area (Å²) in [6.45, 7) is 0. The zero-order valence-electron chi connectivity index (χ0n) is 6.37. The second-order valence-electron chi connectivity index (χ2n) is 2.25. The van der Waals surface area contributed by atoms with Crippen molar-refractivity contribution in [1.29, 1.82) is 0 Å². The molecule has 0 bridgehead atoms. The third-order valence-electron chi connectivity index (χ3n) is 1.44. The van der Waals surface area contributed by atoms with Gasteiger partial charge in [-0.15, -0.1) is 0 Å². The molecule has 2 N–H and O–H groups in total. The maximum Gasteiger partial charge on any atom is 0.277 e. The van der Waals surface area contributed by atoms with Gasteiger partial charge in [0, 0.05) is 0 Å². The Morgan fingerprint density at radius 3 is 2.00 bits per heavy atom. The fourth-order valence-electron chi connectivity index (χ4n) is 0.824. The SMILES string of the molecule is O=C1CC(S(=O)(=O)O)C(=O)N1O.P. The molecule has 1 heterocycles. The Labute approximate surface area is 77.0 Å².